The fourth-order valence-corrected chi connectivity index (χ4v) is 4.81. The maximum absolute atomic E-state index is 12.6. The van der Waals surface area contributed by atoms with Crippen molar-refractivity contribution in [3.8, 4) is 0 Å². The average molecular weight is 335 g/mol. The van der Waals surface area contributed by atoms with Gasteiger partial charge in [0.15, 0.2) is 5.82 Å². The summed E-state index contributed by atoms with van der Waals surface area (Å²) >= 11 is 1.61. The molecule has 5 nitrogen and oxygen atoms in total. The lowest BCUT2D eigenvalue weighted by Gasteiger charge is -2.44. The summed E-state index contributed by atoms with van der Waals surface area (Å²) in [6, 6.07) is 0.510. The number of thioether (sulfide) groups is 1. The van der Waals surface area contributed by atoms with Crippen molar-refractivity contribution >= 4 is 17.7 Å². The van der Waals surface area contributed by atoms with E-state index < -0.39 is 0 Å². The van der Waals surface area contributed by atoms with Gasteiger partial charge in [0, 0.05) is 18.5 Å². The first-order valence-corrected chi connectivity index (χ1v) is 10.2. The Bertz CT molecular complexity index is 556. The van der Waals surface area contributed by atoms with Gasteiger partial charge >= 0.3 is 0 Å². The van der Waals surface area contributed by atoms with E-state index in [4.69, 9.17) is 4.52 Å². The molecule has 0 radical (unpaired) electrons. The van der Waals surface area contributed by atoms with Gasteiger partial charge in [0.1, 0.15) is 0 Å². The molecule has 0 unspecified atom stereocenters. The van der Waals surface area contributed by atoms with Gasteiger partial charge in [-0.2, -0.15) is 4.98 Å². The second-order valence-electron chi connectivity index (χ2n) is 7.15. The van der Waals surface area contributed by atoms with Crippen LogP contribution in [0.5, 0.6) is 0 Å². The number of piperidine rings is 1. The number of fused-ring (bicyclic) bond motifs is 1. The van der Waals surface area contributed by atoms with Crippen LogP contribution in [0.15, 0.2) is 4.52 Å². The predicted octanol–water partition coefficient (Wildman–Crippen LogP) is 3.36. The molecule has 1 aliphatic heterocycles. The highest BCUT2D eigenvalue weighted by atomic mass is 32.2. The number of carbonyl (C=O) groups excluding carboxylic acids is 1. The molecule has 2 heterocycles. The molecule has 23 heavy (non-hydrogen) atoms. The molecular formula is C17H25N3O2S. The summed E-state index contributed by atoms with van der Waals surface area (Å²) < 4.78 is 5.27. The van der Waals surface area contributed by atoms with Gasteiger partial charge in [-0.1, -0.05) is 18.0 Å². The molecule has 1 saturated heterocycles. The minimum absolute atomic E-state index is 0.300. The van der Waals surface area contributed by atoms with Gasteiger partial charge in [0.05, 0.1) is 11.5 Å². The number of amides is 1. The van der Waals surface area contributed by atoms with Crippen LogP contribution in [0.25, 0.3) is 0 Å². The monoisotopic (exact) mass is 335 g/mol. The standard InChI is InChI=1S/C17H25N3O2S/c21-16(20-9-3-5-12-4-1-2-6-14(12)20)11-23-10-15-18-17(19-22-15)13-7-8-13/h12-14H,1-11H2/t12-,14-/m1/s1. The average Bonchev–Trinajstić information content (AvgIpc) is 3.33. The largest absolute Gasteiger partial charge is 0.339 e. The zero-order valence-electron chi connectivity index (χ0n) is 13.6. The lowest BCUT2D eigenvalue weighted by Crippen LogP contribution is -2.50. The molecule has 0 bridgehead atoms. The van der Waals surface area contributed by atoms with E-state index in [-0.39, 0.29) is 0 Å². The predicted molar refractivity (Wildman–Crippen MR) is 89.1 cm³/mol. The van der Waals surface area contributed by atoms with E-state index in [1.165, 1.54) is 51.4 Å². The third-order valence-electron chi connectivity index (χ3n) is 5.44. The van der Waals surface area contributed by atoms with Crippen molar-refractivity contribution in [1.82, 2.24) is 15.0 Å². The highest BCUT2D eigenvalue weighted by Crippen LogP contribution is 2.38. The van der Waals surface area contributed by atoms with Gasteiger partial charge in [-0.15, -0.1) is 11.8 Å². The molecule has 6 heteroatoms. The minimum atomic E-state index is 0.300. The summed E-state index contributed by atoms with van der Waals surface area (Å²) in [4.78, 5) is 19.2. The van der Waals surface area contributed by atoms with Crippen molar-refractivity contribution in [3.63, 3.8) is 0 Å². The Hall–Kier alpha value is -1.04. The van der Waals surface area contributed by atoms with Crippen molar-refractivity contribution in [2.24, 2.45) is 5.92 Å². The number of carbonyl (C=O) groups is 1. The van der Waals surface area contributed by atoms with Crippen molar-refractivity contribution < 1.29 is 9.32 Å². The molecule has 1 aromatic rings. The number of likely N-dealkylation sites (tertiary alicyclic amines) is 1. The van der Waals surface area contributed by atoms with E-state index >= 15 is 0 Å². The Balaban J connectivity index is 1.27. The first kappa shape index (κ1) is 15.5. The Morgan fingerprint density at radius 2 is 2.00 bits per heavy atom. The van der Waals surface area contributed by atoms with Crippen LogP contribution in [-0.4, -0.2) is 39.3 Å². The molecule has 3 fully saturated rings. The lowest BCUT2D eigenvalue weighted by atomic mass is 9.78. The fraction of sp³-hybridized carbons (Fsp3) is 0.824. The van der Waals surface area contributed by atoms with Gasteiger partial charge < -0.3 is 9.42 Å². The summed E-state index contributed by atoms with van der Waals surface area (Å²) in [5.74, 6) is 4.28. The van der Waals surface area contributed by atoms with Crippen molar-refractivity contribution in [1.29, 1.82) is 0 Å². The Morgan fingerprint density at radius 3 is 2.87 bits per heavy atom. The Kier molecular flexibility index (Phi) is 4.60. The molecule has 2 aliphatic carbocycles. The SMILES string of the molecule is O=C(CSCc1nc(C2CC2)no1)N1CCC[C@H]2CCCC[C@H]21. The number of nitrogens with zero attached hydrogens (tertiary/aromatic N) is 3. The van der Waals surface area contributed by atoms with Crippen LogP contribution in [0.4, 0.5) is 0 Å². The molecule has 2 saturated carbocycles. The van der Waals surface area contributed by atoms with Gasteiger partial charge in [0.2, 0.25) is 11.8 Å². The normalized spacial score (nSPS) is 27.7. The summed E-state index contributed by atoms with van der Waals surface area (Å²) in [7, 11) is 0. The van der Waals surface area contributed by atoms with E-state index in [0.717, 1.165) is 18.3 Å². The first-order chi connectivity index (χ1) is 11.3. The van der Waals surface area contributed by atoms with Crippen LogP contribution in [0.1, 0.15) is 69.0 Å². The summed E-state index contributed by atoms with van der Waals surface area (Å²) in [6.07, 6.45) is 10.00. The maximum Gasteiger partial charge on any atom is 0.236 e. The zero-order chi connectivity index (χ0) is 15.6. The second-order valence-corrected chi connectivity index (χ2v) is 8.14. The zero-order valence-corrected chi connectivity index (χ0v) is 14.4. The number of rotatable bonds is 5. The number of hydrogen-bond donors (Lipinski definition) is 0. The summed E-state index contributed by atoms with van der Waals surface area (Å²) in [6.45, 7) is 0.951. The molecule has 2 atom stereocenters. The minimum Gasteiger partial charge on any atom is -0.339 e. The van der Waals surface area contributed by atoms with Crippen LogP contribution in [0.3, 0.4) is 0 Å². The van der Waals surface area contributed by atoms with Crippen LogP contribution in [0, 0.1) is 5.92 Å². The van der Waals surface area contributed by atoms with E-state index in [1.807, 2.05) is 0 Å². The van der Waals surface area contributed by atoms with Gasteiger partial charge in [-0.25, -0.2) is 0 Å². The maximum atomic E-state index is 12.6. The molecule has 126 valence electrons. The summed E-state index contributed by atoms with van der Waals surface area (Å²) in [5.41, 5.74) is 0. The van der Waals surface area contributed by atoms with Gasteiger partial charge in [0.25, 0.3) is 0 Å². The number of aromatic nitrogens is 2. The highest BCUT2D eigenvalue weighted by Gasteiger charge is 2.35. The fourth-order valence-electron chi connectivity index (χ4n) is 4.08. The number of hydrogen-bond acceptors (Lipinski definition) is 5. The Morgan fingerprint density at radius 1 is 1.17 bits per heavy atom. The quantitative estimate of drug-likeness (QED) is 0.826. The van der Waals surface area contributed by atoms with Crippen molar-refractivity contribution in [3.05, 3.63) is 11.7 Å². The third-order valence-corrected chi connectivity index (χ3v) is 6.34. The molecular weight excluding hydrogens is 310 g/mol. The Labute approximate surface area is 141 Å². The lowest BCUT2D eigenvalue weighted by molar-refractivity contribution is -0.134. The van der Waals surface area contributed by atoms with Gasteiger partial charge in [-0.05, 0) is 44.4 Å². The van der Waals surface area contributed by atoms with Crippen molar-refractivity contribution in [2.75, 3.05) is 12.3 Å². The van der Waals surface area contributed by atoms with Crippen molar-refractivity contribution in [2.45, 2.75) is 69.1 Å². The van der Waals surface area contributed by atoms with E-state index in [0.29, 0.717) is 35.3 Å². The second kappa shape index (κ2) is 6.83. The van der Waals surface area contributed by atoms with Crippen LogP contribution in [0.2, 0.25) is 0 Å². The van der Waals surface area contributed by atoms with Crippen LogP contribution < -0.4 is 0 Å². The molecule has 0 spiro atoms. The molecule has 1 aromatic heterocycles. The molecule has 0 N–H and O–H groups in total. The third kappa shape index (κ3) is 3.57. The molecule has 0 aromatic carbocycles. The van der Waals surface area contributed by atoms with Crippen LogP contribution in [-0.2, 0) is 10.5 Å². The highest BCUT2D eigenvalue weighted by molar-refractivity contribution is 7.99. The van der Waals surface area contributed by atoms with E-state index in [9.17, 15) is 4.79 Å². The van der Waals surface area contributed by atoms with Gasteiger partial charge in [-0.3, -0.25) is 4.79 Å². The van der Waals surface area contributed by atoms with Crippen LogP contribution >= 0.6 is 11.8 Å². The molecule has 1 amide bonds. The summed E-state index contributed by atoms with van der Waals surface area (Å²) in [5, 5.41) is 4.02. The molecule has 3 aliphatic rings. The topological polar surface area (TPSA) is 59.2 Å². The van der Waals surface area contributed by atoms with E-state index in [1.54, 1.807) is 11.8 Å². The first-order valence-electron chi connectivity index (χ1n) is 9.01. The smallest absolute Gasteiger partial charge is 0.236 e. The van der Waals surface area contributed by atoms with E-state index in [2.05, 4.69) is 15.0 Å². The molecule has 4 rings (SSSR count).